The zero-order valence-electron chi connectivity index (χ0n) is 11.1. The van der Waals surface area contributed by atoms with Gasteiger partial charge in [-0.1, -0.05) is 0 Å². The highest BCUT2D eigenvalue weighted by atomic mass is 16.4. The normalized spacial score (nSPS) is 10.0. The Morgan fingerprint density at radius 3 is 2.68 bits per heavy atom. The molecule has 0 radical (unpaired) electrons. The molecule has 0 aromatic carbocycles. The van der Waals surface area contributed by atoms with Crippen molar-refractivity contribution in [1.29, 1.82) is 0 Å². The zero-order valence-corrected chi connectivity index (χ0v) is 11.1. The summed E-state index contributed by atoms with van der Waals surface area (Å²) in [6.45, 7) is 2.54. The van der Waals surface area contributed by atoms with Crippen LogP contribution in [0.4, 0.5) is 4.79 Å². The van der Waals surface area contributed by atoms with E-state index in [0.29, 0.717) is 25.2 Å². The van der Waals surface area contributed by atoms with Crippen LogP contribution in [-0.2, 0) is 11.3 Å². The third-order valence-corrected chi connectivity index (χ3v) is 2.49. The Labute approximate surface area is 111 Å². The van der Waals surface area contributed by atoms with Crippen molar-refractivity contribution in [2.24, 2.45) is 0 Å². The summed E-state index contributed by atoms with van der Waals surface area (Å²) >= 11 is 0. The van der Waals surface area contributed by atoms with Crippen molar-refractivity contribution in [2.45, 2.75) is 26.3 Å². The van der Waals surface area contributed by atoms with Crippen LogP contribution >= 0.6 is 0 Å². The number of carbonyl (C=O) groups excluding carboxylic acids is 1. The molecule has 1 rings (SSSR count). The Morgan fingerprint density at radius 2 is 2.11 bits per heavy atom. The van der Waals surface area contributed by atoms with Gasteiger partial charge in [-0.2, -0.15) is 0 Å². The molecular weight excluding hydrogens is 248 g/mol. The molecule has 0 aliphatic heterocycles. The Balaban J connectivity index is 2.30. The first-order valence-corrected chi connectivity index (χ1v) is 5.97. The fraction of sp³-hybridized carbons (Fsp3) is 0.500. The maximum atomic E-state index is 11.7. The van der Waals surface area contributed by atoms with Crippen molar-refractivity contribution < 1.29 is 14.7 Å². The molecule has 1 heterocycles. The van der Waals surface area contributed by atoms with Gasteiger partial charge in [0.15, 0.2) is 0 Å². The molecule has 7 nitrogen and oxygen atoms in total. The minimum Gasteiger partial charge on any atom is -0.481 e. The number of carboxylic acids is 1. The molecular formula is C12H18N4O3. The van der Waals surface area contributed by atoms with Gasteiger partial charge in [-0.15, -0.1) is 0 Å². The van der Waals surface area contributed by atoms with E-state index in [1.807, 2.05) is 6.92 Å². The molecule has 0 aliphatic rings. The Morgan fingerprint density at radius 1 is 1.37 bits per heavy atom. The highest BCUT2D eigenvalue weighted by Gasteiger charge is 2.08. The molecule has 0 saturated carbocycles. The average molecular weight is 266 g/mol. The van der Waals surface area contributed by atoms with Crippen molar-refractivity contribution in [2.75, 3.05) is 13.6 Å². The molecule has 1 aromatic heterocycles. The van der Waals surface area contributed by atoms with Crippen LogP contribution in [0.25, 0.3) is 0 Å². The van der Waals surface area contributed by atoms with Crippen molar-refractivity contribution in [3.05, 3.63) is 23.8 Å². The van der Waals surface area contributed by atoms with Crippen LogP contribution in [-0.4, -0.2) is 45.6 Å². The molecule has 0 atom stereocenters. The summed E-state index contributed by atoms with van der Waals surface area (Å²) in [5.41, 5.74) is 1.50. The van der Waals surface area contributed by atoms with Crippen LogP contribution in [0.15, 0.2) is 12.4 Å². The van der Waals surface area contributed by atoms with Crippen molar-refractivity contribution >= 4 is 12.0 Å². The number of nitrogens with zero attached hydrogens (tertiary/aromatic N) is 3. The Kier molecular flexibility index (Phi) is 5.72. The largest absolute Gasteiger partial charge is 0.481 e. The number of hydrogen-bond acceptors (Lipinski definition) is 4. The van der Waals surface area contributed by atoms with E-state index >= 15 is 0 Å². The van der Waals surface area contributed by atoms with Gasteiger partial charge in [0, 0.05) is 26.2 Å². The Hall–Kier alpha value is -2.18. The van der Waals surface area contributed by atoms with E-state index in [9.17, 15) is 9.59 Å². The van der Waals surface area contributed by atoms with E-state index < -0.39 is 5.97 Å². The lowest BCUT2D eigenvalue weighted by Gasteiger charge is -2.17. The summed E-state index contributed by atoms with van der Waals surface area (Å²) in [5, 5.41) is 11.2. The highest BCUT2D eigenvalue weighted by molar-refractivity contribution is 5.73. The van der Waals surface area contributed by atoms with Gasteiger partial charge in [-0.25, -0.2) is 4.79 Å². The highest BCUT2D eigenvalue weighted by Crippen LogP contribution is 1.96. The van der Waals surface area contributed by atoms with Gasteiger partial charge in [0.05, 0.1) is 24.1 Å². The van der Waals surface area contributed by atoms with E-state index in [2.05, 4.69) is 15.3 Å². The number of nitrogens with one attached hydrogen (secondary N) is 1. The topological polar surface area (TPSA) is 95.4 Å². The number of urea groups is 1. The third-order valence-electron chi connectivity index (χ3n) is 2.49. The lowest BCUT2D eigenvalue weighted by molar-refractivity contribution is -0.137. The Bertz CT molecular complexity index is 433. The summed E-state index contributed by atoms with van der Waals surface area (Å²) in [6.07, 6.45) is 3.74. The third kappa shape index (κ3) is 5.80. The van der Waals surface area contributed by atoms with Gasteiger partial charge >= 0.3 is 12.0 Å². The molecule has 104 valence electrons. The number of aryl methyl sites for hydroxylation is 1. The molecule has 0 unspecified atom stereocenters. The first kappa shape index (κ1) is 14.9. The smallest absolute Gasteiger partial charge is 0.317 e. The fourth-order valence-corrected chi connectivity index (χ4v) is 1.38. The second-order valence-electron chi connectivity index (χ2n) is 4.23. The number of hydrogen-bond donors (Lipinski definition) is 2. The standard InChI is InChI=1S/C12H18N4O3/c1-9-6-14-10(7-13-9)8-15-12(19)16(2)5-3-4-11(17)18/h6-7H,3-5,8H2,1-2H3,(H,15,19)(H,17,18). The molecule has 0 spiro atoms. The maximum Gasteiger partial charge on any atom is 0.317 e. The summed E-state index contributed by atoms with van der Waals surface area (Å²) in [6, 6.07) is -0.257. The van der Waals surface area contributed by atoms with Crippen molar-refractivity contribution in [3.8, 4) is 0 Å². The SMILES string of the molecule is Cc1cnc(CNC(=O)N(C)CCCC(=O)O)cn1. The molecule has 0 fully saturated rings. The van der Waals surface area contributed by atoms with Gasteiger partial charge < -0.3 is 15.3 Å². The lowest BCUT2D eigenvalue weighted by Crippen LogP contribution is -2.37. The summed E-state index contributed by atoms with van der Waals surface area (Å²) in [4.78, 5) is 31.7. The van der Waals surface area contributed by atoms with E-state index in [1.165, 1.54) is 4.90 Å². The molecule has 1 aromatic rings. The van der Waals surface area contributed by atoms with E-state index in [4.69, 9.17) is 5.11 Å². The van der Waals surface area contributed by atoms with Gasteiger partial charge in [-0.05, 0) is 13.3 Å². The van der Waals surface area contributed by atoms with Gasteiger partial charge in [0.1, 0.15) is 0 Å². The first-order valence-electron chi connectivity index (χ1n) is 5.97. The van der Waals surface area contributed by atoms with Gasteiger partial charge in [0.25, 0.3) is 0 Å². The van der Waals surface area contributed by atoms with Crippen LogP contribution in [0.2, 0.25) is 0 Å². The monoisotopic (exact) mass is 266 g/mol. The van der Waals surface area contributed by atoms with Crippen LogP contribution < -0.4 is 5.32 Å². The van der Waals surface area contributed by atoms with Crippen molar-refractivity contribution in [1.82, 2.24) is 20.2 Å². The number of aromatic nitrogens is 2. The number of aliphatic carboxylic acids is 1. The van der Waals surface area contributed by atoms with E-state index in [1.54, 1.807) is 19.4 Å². The minimum atomic E-state index is -0.858. The summed E-state index contributed by atoms with van der Waals surface area (Å²) < 4.78 is 0. The number of carboxylic acid groups (broad SMARTS) is 1. The predicted octanol–water partition coefficient (Wildman–Crippen LogP) is 0.791. The zero-order chi connectivity index (χ0) is 14.3. The lowest BCUT2D eigenvalue weighted by atomic mass is 10.3. The maximum absolute atomic E-state index is 11.7. The quantitative estimate of drug-likeness (QED) is 0.793. The molecule has 2 N–H and O–H groups in total. The summed E-state index contributed by atoms with van der Waals surface area (Å²) in [5.74, 6) is -0.858. The second-order valence-corrected chi connectivity index (χ2v) is 4.23. The average Bonchev–Trinajstić information content (AvgIpc) is 2.37. The molecule has 0 bridgehead atoms. The molecule has 7 heteroatoms. The van der Waals surface area contributed by atoms with Gasteiger partial charge in [-0.3, -0.25) is 14.8 Å². The first-order chi connectivity index (χ1) is 8.99. The van der Waals surface area contributed by atoms with Gasteiger partial charge in [0.2, 0.25) is 0 Å². The second kappa shape index (κ2) is 7.30. The fourth-order valence-electron chi connectivity index (χ4n) is 1.38. The molecule has 0 saturated heterocycles. The van der Waals surface area contributed by atoms with E-state index in [0.717, 1.165) is 5.69 Å². The van der Waals surface area contributed by atoms with Crippen LogP contribution in [0.1, 0.15) is 24.2 Å². The van der Waals surface area contributed by atoms with Crippen molar-refractivity contribution in [3.63, 3.8) is 0 Å². The van der Waals surface area contributed by atoms with E-state index in [-0.39, 0.29) is 12.5 Å². The summed E-state index contributed by atoms with van der Waals surface area (Å²) in [7, 11) is 1.62. The molecule has 0 aliphatic carbocycles. The molecule has 2 amide bonds. The van der Waals surface area contributed by atoms with Crippen LogP contribution in [0.5, 0.6) is 0 Å². The minimum absolute atomic E-state index is 0.0566. The number of rotatable bonds is 6. The molecule has 19 heavy (non-hydrogen) atoms. The number of amides is 2. The predicted molar refractivity (Wildman–Crippen MR) is 68.5 cm³/mol. The van der Waals surface area contributed by atoms with Crippen LogP contribution in [0, 0.1) is 6.92 Å². The number of carbonyl (C=O) groups is 2. The van der Waals surface area contributed by atoms with Crippen LogP contribution in [0.3, 0.4) is 0 Å².